The SMILES string of the molecule is CNC1CCCN(CC2CCC3(CCCCC3)O2)C1. The van der Waals surface area contributed by atoms with E-state index in [1.54, 1.807) is 0 Å². The Morgan fingerprint density at radius 2 is 1.95 bits per heavy atom. The maximum Gasteiger partial charge on any atom is 0.0710 e. The summed E-state index contributed by atoms with van der Waals surface area (Å²) in [4.78, 5) is 2.62. The van der Waals surface area contributed by atoms with Crippen molar-refractivity contribution in [2.75, 3.05) is 26.7 Å². The third-order valence-electron chi connectivity index (χ3n) is 5.48. The maximum absolute atomic E-state index is 6.50. The predicted octanol–water partition coefficient (Wildman–Crippen LogP) is 2.55. The molecule has 0 amide bonds. The molecule has 0 bridgehead atoms. The lowest BCUT2D eigenvalue weighted by Gasteiger charge is -2.36. The molecule has 0 radical (unpaired) electrons. The van der Waals surface area contributed by atoms with Gasteiger partial charge in [0.2, 0.25) is 0 Å². The molecule has 3 fully saturated rings. The molecular formula is C16H30N2O. The van der Waals surface area contributed by atoms with E-state index in [0.29, 0.717) is 17.7 Å². The van der Waals surface area contributed by atoms with Crippen LogP contribution in [-0.2, 0) is 4.74 Å². The van der Waals surface area contributed by atoms with Gasteiger partial charge in [0.15, 0.2) is 0 Å². The lowest BCUT2D eigenvalue weighted by atomic mass is 9.83. The van der Waals surface area contributed by atoms with Gasteiger partial charge in [-0.2, -0.15) is 0 Å². The number of likely N-dealkylation sites (tertiary alicyclic amines) is 1. The number of nitrogens with one attached hydrogen (secondary N) is 1. The number of rotatable bonds is 3. The highest BCUT2D eigenvalue weighted by Gasteiger charge is 2.41. The Kier molecular flexibility index (Phi) is 4.45. The van der Waals surface area contributed by atoms with Gasteiger partial charge >= 0.3 is 0 Å². The highest BCUT2D eigenvalue weighted by atomic mass is 16.5. The standard InChI is InChI=1S/C16H30N2O/c1-17-14-6-5-11-18(12-14)13-15-7-10-16(19-15)8-3-2-4-9-16/h14-15,17H,2-13H2,1H3. The second-order valence-corrected chi connectivity index (χ2v) is 6.91. The first-order valence-electron chi connectivity index (χ1n) is 8.37. The zero-order chi connectivity index (χ0) is 13.1. The van der Waals surface area contributed by atoms with Crippen LogP contribution in [0.25, 0.3) is 0 Å². The molecule has 3 nitrogen and oxygen atoms in total. The number of ether oxygens (including phenoxy) is 1. The van der Waals surface area contributed by atoms with E-state index >= 15 is 0 Å². The molecule has 1 saturated carbocycles. The molecule has 19 heavy (non-hydrogen) atoms. The molecule has 0 aromatic rings. The molecule has 3 rings (SSSR count). The topological polar surface area (TPSA) is 24.5 Å². The highest BCUT2D eigenvalue weighted by Crippen LogP contribution is 2.42. The molecule has 3 aliphatic rings. The zero-order valence-corrected chi connectivity index (χ0v) is 12.5. The molecule has 110 valence electrons. The van der Waals surface area contributed by atoms with E-state index < -0.39 is 0 Å². The van der Waals surface area contributed by atoms with Crippen LogP contribution in [0, 0.1) is 0 Å². The van der Waals surface area contributed by atoms with Gasteiger partial charge in [0.1, 0.15) is 0 Å². The fraction of sp³-hybridized carbons (Fsp3) is 1.00. The molecule has 1 N–H and O–H groups in total. The van der Waals surface area contributed by atoms with Gasteiger partial charge in [0.25, 0.3) is 0 Å². The first-order valence-corrected chi connectivity index (χ1v) is 8.37. The average Bonchev–Trinajstić information content (AvgIpc) is 2.82. The van der Waals surface area contributed by atoms with E-state index in [9.17, 15) is 0 Å². The van der Waals surface area contributed by atoms with E-state index in [0.717, 1.165) is 0 Å². The average molecular weight is 266 g/mol. The monoisotopic (exact) mass is 266 g/mol. The Morgan fingerprint density at radius 3 is 2.74 bits per heavy atom. The number of likely N-dealkylation sites (N-methyl/N-ethyl adjacent to an activating group) is 1. The molecule has 2 aliphatic heterocycles. The number of hydrogen-bond donors (Lipinski definition) is 1. The number of nitrogens with zero attached hydrogens (tertiary/aromatic N) is 1. The number of piperidine rings is 1. The fourth-order valence-corrected chi connectivity index (χ4v) is 4.33. The van der Waals surface area contributed by atoms with Crippen molar-refractivity contribution < 1.29 is 4.74 Å². The highest BCUT2D eigenvalue weighted by molar-refractivity contribution is 4.92. The molecular weight excluding hydrogens is 236 g/mol. The van der Waals surface area contributed by atoms with Crippen LogP contribution in [-0.4, -0.2) is 49.3 Å². The van der Waals surface area contributed by atoms with Crippen LogP contribution < -0.4 is 5.32 Å². The summed E-state index contributed by atoms with van der Waals surface area (Å²) in [5.74, 6) is 0. The Hall–Kier alpha value is -0.120. The third kappa shape index (κ3) is 3.32. The van der Waals surface area contributed by atoms with Crippen molar-refractivity contribution in [1.82, 2.24) is 10.2 Å². The van der Waals surface area contributed by atoms with Gasteiger partial charge in [0.05, 0.1) is 11.7 Å². The second kappa shape index (κ2) is 6.11. The maximum atomic E-state index is 6.50. The summed E-state index contributed by atoms with van der Waals surface area (Å²) < 4.78 is 6.50. The van der Waals surface area contributed by atoms with Crippen LogP contribution in [0.15, 0.2) is 0 Å². The lowest BCUT2D eigenvalue weighted by molar-refractivity contribution is -0.0734. The van der Waals surface area contributed by atoms with Crippen molar-refractivity contribution in [1.29, 1.82) is 0 Å². The Bertz CT molecular complexity index is 288. The fourth-order valence-electron chi connectivity index (χ4n) is 4.33. The van der Waals surface area contributed by atoms with Crippen LogP contribution >= 0.6 is 0 Å². The van der Waals surface area contributed by atoms with Crippen molar-refractivity contribution in [2.24, 2.45) is 0 Å². The predicted molar refractivity (Wildman–Crippen MR) is 78.4 cm³/mol. The van der Waals surface area contributed by atoms with Gasteiger partial charge in [-0.1, -0.05) is 19.3 Å². The molecule has 2 saturated heterocycles. The molecule has 2 atom stereocenters. The van der Waals surface area contributed by atoms with E-state index in [1.165, 1.54) is 77.4 Å². The van der Waals surface area contributed by atoms with Gasteiger partial charge in [-0.15, -0.1) is 0 Å². The van der Waals surface area contributed by atoms with Gasteiger partial charge in [-0.3, -0.25) is 4.90 Å². The van der Waals surface area contributed by atoms with Crippen molar-refractivity contribution in [3.05, 3.63) is 0 Å². The molecule has 3 heteroatoms. The Labute approximate surface area is 118 Å². The van der Waals surface area contributed by atoms with Crippen molar-refractivity contribution in [2.45, 2.75) is 75.5 Å². The number of hydrogen-bond acceptors (Lipinski definition) is 3. The lowest BCUT2D eigenvalue weighted by Crippen LogP contribution is -2.47. The largest absolute Gasteiger partial charge is 0.370 e. The smallest absolute Gasteiger partial charge is 0.0710 e. The van der Waals surface area contributed by atoms with Gasteiger partial charge in [-0.05, 0) is 52.1 Å². The summed E-state index contributed by atoms with van der Waals surface area (Å²) in [5, 5.41) is 3.43. The summed E-state index contributed by atoms with van der Waals surface area (Å²) in [6, 6.07) is 0.693. The molecule has 0 aromatic carbocycles. The Balaban J connectivity index is 1.48. The molecule has 2 unspecified atom stereocenters. The van der Waals surface area contributed by atoms with Gasteiger partial charge in [0, 0.05) is 19.1 Å². The molecule has 1 spiro atoms. The van der Waals surface area contributed by atoms with Gasteiger partial charge < -0.3 is 10.1 Å². The molecule has 2 heterocycles. The van der Waals surface area contributed by atoms with Crippen LogP contribution in [0.4, 0.5) is 0 Å². The molecule has 1 aliphatic carbocycles. The molecule has 0 aromatic heterocycles. The normalized spacial score (nSPS) is 35.8. The zero-order valence-electron chi connectivity index (χ0n) is 12.5. The minimum absolute atomic E-state index is 0.293. The minimum Gasteiger partial charge on any atom is -0.370 e. The van der Waals surface area contributed by atoms with Crippen LogP contribution in [0.2, 0.25) is 0 Å². The first-order chi connectivity index (χ1) is 9.30. The summed E-state index contributed by atoms with van der Waals surface area (Å²) in [6.45, 7) is 3.65. The summed E-state index contributed by atoms with van der Waals surface area (Å²) in [6.07, 6.45) is 12.6. The van der Waals surface area contributed by atoms with Crippen LogP contribution in [0.3, 0.4) is 0 Å². The van der Waals surface area contributed by atoms with Crippen molar-refractivity contribution >= 4 is 0 Å². The van der Waals surface area contributed by atoms with Gasteiger partial charge in [-0.25, -0.2) is 0 Å². The van der Waals surface area contributed by atoms with Crippen LogP contribution in [0.5, 0.6) is 0 Å². The van der Waals surface area contributed by atoms with E-state index in [-0.39, 0.29) is 0 Å². The Morgan fingerprint density at radius 1 is 1.11 bits per heavy atom. The van der Waals surface area contributed by atoms with Crippen molar-refractivity contribution in [3.8, 4) is 0 Å². The summed E-state index contributed by atoms with van der Waals surface area (Å²) in [5.41, 5.74) is 0.293. The quantitative estimate of drug-likeness (QED) is 0.849. The van der Waals surface area contributed by atoms with E-state index in [4.69, 9.17) is 4.74 Å². The third-order valence-corrected chi connectivity index (χ3v) is 5.48. The minimum atomic E-state index is 0.293. The van der Waals surface area contributed by atoms with Crippen LogP contribution in [0.1, 0.15) is 57.8 Å². The van der Waals surface area contributed by atoms with Crippen molar-refractivity contribution in [3.63, 3.8) is 0 Å². The van der Waals surface area contributed by atoms with E-state index in [1.807, 2.05) is 0 Å². The first kappa shape index (κ1) is 13.8. The summed E-state index contributed by atoms with van der Waals surface area (Å²) in [7, 11) is 2.09. The summed E-state index contributed by atoms with van der Waals surface area (Å²) >= 11 is 0. The van der Waals surface area contributed by atoms with E-state index in [2.05, 4.69) is 17.3 Å². The second-order valence-electron chi connectivity index (χ2n) is 6.91.